The van der Waals surface area contributed by atoms with Gasteiger partial charge in [0.2, 0.25) is 0 Å². The van der Waals surface area contributed by atoms with Gasteiger partial charge in [-0.2, -0.15) is 5.10 Å². The highest BCUT2D eigenvalue weighted by Gasteiger charge is 2.14. The van der Waals surface area contributed by atoms with E-state index in [2.05, 4.69) is 5.10 Å². The first-order valence-electron chi connectivity index (χ1n) is 4.58. The minimum absolute atomic E-state index is 0.0647. The van der Waals surface area contributed by atoms with Gasteiger partial charge >= 0.3 is 0 Å². The molecule has 5 heteroatoms. The number of nitrogens with two attached hydrogens (primary N) is 1. The van der Waals surface area contributed by atoms with Crippen LogP contribution in [0, 0.1) is 0 Å². The number of ether oxygens (including phenoxy) is 1. The molecule has 2 N–H and O–H groups in total. The third kappa shape index (κ3) is 2.70. The van der Waals surface area contributed by atoms with Crippen molar-refractivity contribution in [2.75, 3.05) is 13.7 Å². The zero-order valence-electron chi connectivity index (χ0n) is 8.53. The van der Waals surface area contributed by atoms with Crippen LogP contribution in [0.3, 0.4) is 0 Å². The minimum Gasteiger partial charge on any atom is -0.385 e. The van der Waals surface area contributed by atoms with Gasteiger partial charge in [0, 0.05) is 26.8 Å². The van der Waals surface area contributed by atoms with Crippen LogP contribution >= 0.6 is 11.6 Å². The van der Waals surface area contributed by atoms with Crippen molar-refractivity contribution in [3.8, 4) is 0 Å². The molecular formula is C9H16ClN3O. The summed E-state index contributed by atoms with van der Waals surface area (Å²) >= 11 is 5.96. The van der Waals surface area contributed by atoms with E-state index in [4.69, 9.17) is 22.1 Å². The summed E-state index contributed by atoms with van der Waals surface area (Å²) in [5.41, 5.74) is 6.87. The van der Waals surface area contributed by atoms with Crippen molar-refractivity contribution >= 4 is 11.6 Å². The van der Waals surface area contributed by atoms with E-state index in [1.165, 1.54) is 0 Å². The Labute approximate surface area is 89.0 Å². The molecular weight excluding hydrogens is 202 g/mol. The van der Waals surface area contributed by atoms with Crippen molar-refractivity contribution in [3.63, 3.8) is 0 Å². The number of aryl methyl sites for hydroxylation is 1. The van der Waals surface area contributed by atoms with Gasteiger partial charge in [0.15, 0.2) is 0 Å². The van der Waals surface area contributed by atoms with Crippen LogP contribution < -0.4 is 5.73 Å². The molecule has 1 aromatic heterocycles. The smallest absolute Gasteiger partial charge is 0.0833 e. The van der Waals surface area contributed by atoms with E-state index in [1.54, 1.807) is 18.0 Å². The van der Waals surface area contributed by atoms with Crippen LogP contribution in [0.15, 0.2) is 6.20 Å². The molecule has 0 amide bonds. The second-order valence-electron chi connectivity index (χ2n) is 3.24. The average molecular weight is 218 g/mol. The number of hydrogen-bond acceptors (Lipinski definition) is 3. The topological polar surface area (TPSA) is 53.1 Å². The van der Waals surface area contributed by atoms with Crippen molar-refractivity contribution < 1.29 is 4.74 Å². The van der Waals surface area contributed by atoms with E-state index in [0.29, 0.717) is 5.02 Å². The summed E-state index contributed by atoms with van der Waals surface area (Å²) in [6.45, 7) is 0.725. The highest BCUT2D eigenvalue weighted by atomic mass is 35.5. The van der Waals surface area contributed by atoms with E-state index in [1.807, 2.05) is 7.05 Å². The van der Waals surface area contributed by atoms with Crippen LogP contribution in [-0.4, -0.2) is 23.5 Å². The van der Waals surface area contributed by atoms with Gasteiger partial charge in [-0.3, -0.25) is 4.68 Å². The maximum atomic E-state index is 5.98. The summed E-state index contributed by atoms with van der Waals surface area (Å²) in [5, 5.41) is 4.68. The molecule has 1 atom stereocenters. The highest BCUT2D eigenvalue weighted by molar-refractivity contribution is 6.31. The molecule has 1 aromatic rings. The maximum Gasteiger partial charge on any atom is 0.0833 e. The fraction of sp³-hybridized carbons (Fsp3) is 0.667. The molecule has 0 spiro atoms. The lowest BCUT2D eigenvalue weighted by molar-refractivity contribution is 0.190. The zero-order chi connectivity index (χ0) is 10.6. The lowest BCUT2D eigenvalue weighted by atomic mass is 10.1. The molecule has 1 unspecified atom stereocenters. The normalized spacial score (nSPS) is 13.1. The standard InChI is InChI=1S/C9H16ClN3O/c1-13-9(7(10)6-12-13)8(11)4-3-5-14-2/h6,8H,3-5,11H2,1-2H3. The summed E-state index contributed by atoms with van der Waals surface area (Å²) in [7, 11) is 3.53. The SMILES string of the molecule is COCCCC(N)c1c(Cl)cnn1C. The van der Waals surface area contributed by atoms with Crippen molar-refractivity contribution in [3.05, 3.63) is 16.9 Å². The Hall–Kier alpha value is -0.580. The van der Waals surface area contributed by atoms with Gasteiger partial charge in [-0.15, -0.1) is 0 Å². The second kappa shape index (κ2) is 5.34. The van der Waals surface area contributed by atoms with Gasteiger partial charge in [-0.05, 0) is 12.8 Å². The van der Waals surface area contributed by atoms with Gasteiger partial charge in [0.05, 0.1) is 16.9 Å². The van der Waals surface area contributed by atoms with Crippen LogP contribution in [0.4, 0.5) is 0 Å². The number of rotatable bonds is 5. The molecule has 0 saturated carbocycles. The maximum absolute atomic E-state index is 5.98. The molecule has 1 rings (SSSR count). The van der Waals surface area contributed by atoms with Crippen molar-refractivity contribution in [1.29, 1.82) is 0 Å². The van der Waals surface area contributed by atoms with Crippen LogP contribution in [0.25, 0.3) is 0 Å². The average Bonchev–Trinajstić information content (AvgIpc) is 2.46. The number of hydrogen-bond donors (Lipinski definition) is 1. The molecule has 1 heterocycles. The van der Waals surface area contributed by atoms with Crippen molar-refractivity contribution in [2.24, 2.45) is 12.8 Å². The van der Waals surface area contributed by atoms with E-state index < -0.39 is 0 Å². The second-order valence-corrected chi connectivity index (χ2v) is 3.65. The Morgan fingerprint density at radius 3 is 2.93 bits per heavy atom. The molecule has 0 saturated heterocycles. The summed E-state index contributed by atoms with van der Waals surface area (Å²) in [6, 6.07) is -0.0647. The van der Waals surface area contributed by atoms with E-state index in [-0.39, 0.29) is 6.04 Å². The Bertz CT molecular complexity index is 268. The lowest BCUT2D eigenvalue weighted by Crippen LogP contribution is -2.15. The van der Waals surface area contributed by atoms with Gasteiger partial charge in [0.25, 0.3) is 0 Å². The largest absolute Gasteiger partial charge is 0.385 e. The van der Waals surface area contributed by atoms with E-state index in [0.717, 1.165) is 25.1 Å². The monoisotopic (exact) mass is 217 g/mol. The fourth-order valence-electron chi connectivity index (χ4n) is 1.42. The number of methoxy groups -OCH3 is 1. The Morgan fingerprint density at radius 2 is 2.43 bits per heavy atom. The van der Waals surface area contributed by atoms with Crippen molar-refractivity contribution in [1.82, 2.24) is 9.78 Å². The summed E-state index contributed by atoms with van der Waals surface area (Å²) in [6.07, 6.45) is 3.40. The molecule has 0 aliphatic rings. The molecule has 4 nitrogen and oxygen atoms in total. The lowest BCUT2D eigenvalue weighted by Gasteiger charge is -2.12. The van der Waals surface area contributed by atoms with Crippen LogP contribution in [0.5, 0.6) is 0 Å². The number of halogens is 1. The predicted octanol–water partition coefficient (Wildman–Crippen LogP) is 1.50. The van der Waals surface area contributed by atoms with Gasteiger partial charge < -0.3 is 10.5 Å². The summed E-state index contributed by atoms with van der Waals surface area (Å²) in [5.74, 6) is 0. The third-order valence-electron chi connectivity index (χ3n) is 2.15. The first kappa shape index (κ1) is 11.5. The Morgan fingerprint density at radius 1 is 1.71 bits per heavy atom. The predicted molar refractivity (Wildman–Crippen MR) is 56.3 cm³/mol. The van der Waals surface area contributed by atoms with Gasteiger partial charge in [-0.25, -0.2) is 0 Å². The highest BCUT2D eigenvalue weighted by Crippen LogP contribution is 2.23. The van der Waals surface area contributed by atoms with E-state index in [9.17, 15) is 0 Å². The number of aromatic nitrogens is 2. The Kier molecular flexibility index (Phi) is 4.38. The van der Waals surface area contributed by atoms with Crippen LogP contribution in [-0.2, 0) is 11.8 Å². The fourth-order valence-corrected chi connectivity index (χ4v) is 1.73. The van der Waals surface area contributed by atoms with E-state index >= 15 is 0 Å². The third-order valence-corrected chi connectivity index (χ3v) is 2.44. The quantitative estimate of drug-likeness (QED) is 0.761. The Balaban J connectivity index is 2.55. The minimum atomic E-state index is -0.0647. The summed E-state index contributed by atoms with van der Waals surface area (Å²) < 4.78 is 6.68. The molecule has 80 valence electrons. The summed E-state index contributed by atoms with van der Waals surface area (Å²) in [4.78, 5) is 0. The van der Waals surface area contributed by atoms with Gasteiger partial charge in [0.1, 0.15) is 0 Å². The molecule has 0 aliphatic carbocycles. The first-order valence-corrected chi connectivity index (χ1v) is 4.96. The first-order chi connectivity index (χ1) is 6.66. The zero-order valence-corrected chi connectivity index (χ0v) is 9.29. The van der Waals surface area contributed by atoms with Gasteiger partial charge in [-0.1, -0.05) is 11.6 Å². The molecule has 0 fully saturated rings. The molecule has 14 heavy (non-hydrogen) atoms. The number of nitrogens with zero attached hydrogens (tertiary/aromatic N) is 2. The molecule has 0 aliphatic heterocycles. The molecule has 0 radical (unpaired) electrons. The molecule has 0 bridgehead atoms. The van der Waals surface area contributed by atoms with Crippen LogP contribution in [0.2, 0.25) is 5.02 Å². The molecule has 0 aromatic carbocycles. The van der Waals surface area contributed by atoms with Crippen molar-refractivity contribution in [2.45, 2.75) is 18.9 Å². The van der Waals surface area contributed by atoms with Crippen LogP contribution in [0.1, 0.15) is 24.6 Å².